The van der Waals surface area contributed by atoms with Gasteiger partial charge in [0, 0.05) is 0 Å². The number of benzene rings is 1. The van der Waals surface area contributed by atoms with E-state index in [4.69, 9.17) is 5.11 Å². The van der Waals surface area contributed by atoms with E-state index in [9.17, 15) is 19.7 Å². The standard InChI is InChI=1S/C15H9N3O5S/c19-14-13-12(10(7-24-13)18(22)23)16-11(17-14)6-3-8-1-4-9(5-2-8)15(20)21/h1-7H,(H,20,21)(H,16,17,19)/b6-3+. The predicted molar refractivity (Wildman–Crippen MR) is 89.2 cm³/mol. The van der Waals surface area contributed by atoms with E-state index in [1.165, 1.54) is 23.6 Å². The number of hydrogen-bond acceptors (Lipinski definition) is 6. The smallest absolute Gasteiger partial charge is 0.335 e. The normalized spacial score (nSPS) is 11.2. The molecule has 3 aromatic rings. The number of aromatic carboxylic acids is 1. The summed E-state index contributed by atoms with van der Waals surface area (Å²) in [7, 11) is 0. The highest BCUT2D eigenvalue weighted by Crippen LogP contribution is 2.27. The van der Waals surface area contributed by atoms with Crippen LogP contribution in [0.5, 0.6) is 0 Å². The third kappa shape index (κ3) is 2.92. The second-order valence-corrected chi connectivity index (χ2v) is 5.65. The molecule has 0 aliphatic carbocycles. The summed E-state index contributed by atoms with van der Waals surface area (Å²) in [5, 5.41) is 21.1. The number of nitro groups is 1. The molecule has 0 amide bonds. The highest BCUT2D eigenvalue weighted by Gasteiger charge is 2.18. The van der Waals surface area contributed by atoms with Gasteiger partial charge in [-0.3, -0.25) is 14.9 Å². The number of hydrogen-bond donors (Lipinski definition) is 2. The molecule has 0 bridgehead atoms. The lowest BCUT2D eigenvalue weighted by atomic mass is 10.1. The SMILES string of the molecule is O=C(O)c1ccc(/C=C/c2nc3c([N+](=O)[O-])csc3c(=O)[nH]2)cc1. The van der Waals surface area contributed by atoms with E-state index < -0.39 is 16.5 Å². The van der Waals surface area contributed by atoms with Gasteiger partial charge in [0.25, 0.3) is 5.56 Å². The summed E-state index contributed by atoms with van der Waals surface area (Å²) in [6.45, 7) is 0. The van der Waals surface area contributed by atoms with Crippen LogP contribution in [0.1, 0.15) is 21.7 Å². The van der Waals surface area contributed by atoms with Gasteiger partial charge in [0.2, 0.25) is 0 Å². The Morgan fingerprint density at radius 2 is 2.00 bits per heavy atom. The Bertz CT molecular complexity index is 1030. The molecule has 0 aliphatic heterocycles. The van der Waals surface area contributed by atoms with Gasteiger partial charge in [-0.2, -0.15) is 0 Å². The number of carbonyl (C=O) groups is 1. The van der Waals surface area contributed by atoms with E-state index in [1.807, 2.05) is 0 Å². The summed E-state index contributed by atoms with van der Waals surface area (Å²) >= 11 is 0.969. The van der Waals surface area contributed by atoms with Crippen molar-refractivity contribution in [2.75, 3.05) is 0 Å². The Morgan fingerprint density at radius 1 is 1.29 bits per heavy atom. The molecule has 3 rings (SSSR count). The minimum Gasteiger partial charge on any atom is -0.478 e. The first kappa shape index (κ1) is 15.6. The number of fused-ring (bicyclic) bond motifs is 1. The van der Waals surface area contributed by atoms with Crippen LogP contribution in [0, 0.1) is 10.1 Å². The van der Waals surface area contributed by atoms with Crippen molar-refractivity contribution in [2.45, 2.75) is 0 Å². The van der Waals surface area contributed by atoms with Crippen molar-refractivity contribution in [1.29, 1.82) is 0 Å². The summed E-state index contributed by atoms with van der Waals surface area (Å²) in [4.78, 5) is 39.8. The third-order valence-electron chi connectivity index (χ3n) is 3.21. The van der Waals surface area contributed by atoms with Gasteiger partial charge in [-0.15, -0.1) is 11.3 Å². The van der Waals surface area contributed by atoms with Crippen molar-refractivity contribution in [3.8, 4) is 0 Å². The number of aromatic nitrogens is 2. The molecule has 1 aromatic carbocycles. The van der Waals surface area contributed by atoms with Crippen LogP contribution in [-0.2, 0) is 0 Å². The summed E-state index contributed by atoms with van der Waals surface area (Å²) in [5.41, 5.74) is 0.256. The highest BCUT2D eigenvalue weighted by molar-refractivity contribution is 7.17. The zero-order valence-electron chi connectivity index (χ0n) is 11.9. The van der Waals surface area contributed by atoms with Gasteiger partial charge in [0.05, 0.1) is 15.9 Å². The maximum absolute atomic E-state index is 12.0. The number of H-pyrrole nitrogens is 1. The number of nitrogens with one attached hydrogen (secondary N) is 1. The van der Waals surface area contributed by atoms with E-state index in [1.54, 1.807) is 18.2 Å². The number of thiophene rings is 1. The molecule has 0 atom stereocenters. The van der Waals surface area contributed by atoms with Gasteiger partial charge in [-0.05, 0) is 23.8 Å². The van der Waals surface area contributed by atoms with Crippen molar-refractivity contribution in [3.05, 3.63) is 67.1 Å². The monoisotopic (exact) mass is 343 g/mol. The molecule has 8 nitrogen and oxygen atoms in total. The van der Waals surface area contributed by atoms with Crippen LogP contribution in [0.3, 0.4) is 0 Å². The molecule has 0 radical (unpaired) electrons. The minimum absolute atomic E-state index is 0.0506. The Kier molecular flexibility index (Phi) is 3.92. The first-order valence-corrected chi connectivity index (χ1v) is 7.51. The molecule has 2 heterocycles. The molecule has 2 aromatic heterocycles. The minimum atomic E-state index is -1.02. The lowest BCUT2D eigenvalue weighted by Gasteiger charge is -1.97. The lowest BCUT2D eigenvalue weighted by Crippen LogP contribution is -2.08. The molecular weight excluding hydrogens is 334 g/mol. The van der Waals surface area contributed by atoms with Gasteiger partial charge in [0.1, 0.15) is 10.5 Å². The molecule has 9 heteroatoms. The fraction of sp³-hybridized carbons (Fsp3) is 0. The summed E-state index contributed by atoms with van der Waals surface area (Å²) in [5.74, 6) is -0.844. The van der Waals surface area contributed by atoms with Crippen molar-refractivity contribution in [2.24, 2.45) is 0 Å². The first-order chi connectivity index (χ1) is 11.5. The first-order valence-electron chi connectivity index (χ1n) is 6.63. The van der Waals surface area contributed by atoms with Crippen LogP contribution in [0.4, 0.5) is 5.69 Å². The van der Waals surface area contributed by atoms with Crippen molar-refractivity contribution in [3.63, 3.8) is 0 Å². The maximum Gasteiger partial charge on any atom is 0.335 e. The zero-order chi connectivity index (χ0) is 17.3. The van der Waals surface area contributed by atoms with Gasteiger partial charge in [-0.25, -0.2) is 9.78 Å². The summed E-state index contributed by atoms with van der Waals surface area (Å²) in [6.07, 6.45) is 3.12. The zero-order valence-corrected chi connectivity index (χ0v) is 12.7. The number of nitrogens with zero attached hydrogens (tertiary/aromatic N) is 2. The maximum atomic E-state index is 12.0. The topological polar surface area (TPSA) is 126 Å². The van der Waals surface area contributed by atoms with Crippen LogP contribution in [0.15, 0.2) is 34.4 Å². The van der Waals surface area contributed by atoms with Crippen LogP contribution in [0.25, 0.3) is 22.4 Å². The molecular formula is C15H9N3O5S. The highest BCUT2D eigenvalue weighted by atomic mass is 32.1. The summed E-state index contributed by atoms with van der Waals surface area (Å²) < 4.78 is 0.199. The van der Waals surface area contributed by atoms with Gasteiger partial charge in [0.15, 0.2) is 5.52 Å². The van der Waals surface area contributed by atoms with Gasteiger partial charge >= 0.3 is 11.7 Å². The van der Waals surface area contributed by atoms with Gasteiger partial charge < -0.3 is 10.1 Å². The van der Waals surface area contributed by atoms with Crippen LogP contribution in [-0.4, -0.2) is 26.0 Å². The second-order valence-electron chi connectivity index (χ2n) is 4.77. The predicted octanol–water partition coefficient (Wildman–Crippen LogP) is 2.76. The van der Waals surface area contributed by atoms with Crippen molar-refractivity contribution < 1.29 is 14.8 Å². The molecule has 0 fully saturated rings. The Balaban J connectivity index is 1.97. The van der Waals surface area contributed by atoms with E-state index in [0.717, 1.165) is 11.3 Å². The van der Waals surface area contributed by atoms with Crippen LogP contribution in [0.2, 0.25) is 0 Å². The van der Waals surface area contributed by atoms with Crippen molar-refractivity contribution >= 4 is 45.4 Å². The fourth-order valence-corrected chi connectivity index (χ4v) is 2.90. The Morgan fingerprint density at radius 3 is 2.62 bits per heavy atom. The average Bonchev–Trinajstić information content (AvgIpc) is 2.98. The fourth-order valence-electron chi connectivity index (χ4n) is 2.05. The molecule has 0 aliphatic rings. The van der Waals surface area contributed by atoms with E-state index in [-0.39, 0.29) is 27.3 Å². The van der Waals surface area contributed by atoms with Crippen LogP contribution < -0.4 is 5.56 Å². The second kappa shape index (κ2) is 6.05. The van der Waals surface area contributed by atoms with Gasteiger partial charge in [-0.1, -0.05) is 18.2 Å². The molecule has 0 saturated heterocycles. The number of aromatic amines is 1. The quantitative estimate of drug-likeness (QED) is 0.554. The third-order valence-corrected chi connectivity index (χ3v) is 4.17. The number of rotatable bonds is 4. The average molecular weight is 343 g/mol. The van der Waals surface area contributed by atoms with E-state index >= 15 is 0 Å². The number of carboxylic acid groups (broad SMARTS) is 1. The Labute approximate surface area is 137 Å². The lowest BCUT2D eigenvalue weighted by molar-refractivity contribution is -0.382. The molecule has 24 heavy (non-hydrogen) atoms. The van der Waals surface area contributed by atoms with E-state index in [0.29, 0.717) is 5.56 Å². The molecule has 2 N–H and O–H groups in total. The molecule has 0 saturated carbocycles. The van der Waals surface area contributed by atoms with Crippen molar-refractivity contribution in [1.82, 2.24) is 9.97 Å². The van der Waals surface area contributed by atoms with Crippen LogP contribution >= 0.6 is 11.3 Å². The molecule has 120 valence electrons. The largest absolute Gasteiger partial charge is 0.478 e. The van der Waals surface area contributed by atoms with E-state index in [2.05, 4.69) is 9.97 Å². The Hall–Kier alpha value is -3.33. The number of carboxylic acids is 1. The summed E-state index contributed by atoms with van der Waals surface area (Å²) in [6, 6.07) is 6.10. The molecule has 0 unspecified atom stereocenters. The molecule has 0 spiro atoms.